The van der Waals surface area contributed by atoms with Crippen LogP contribution < -0.4 is 0 Å². The molecular formula is C19H25N3O3S2. The molecule has 4 rings (SSSR count). The van der Waals surface area contributed by atoms with Gasteiger partial charge in [-0.1, -0.05) is 6.42 Å². The highest BCUT2D eigenvalue weighted by Crippen LogP contribution is 2.29. The van der Waals surface area contributed by atoms with Gasteiger partial charge in [-0.15, -0.1) is 11.3 Å². The number of rotatable bonds is 4. The van der Waals surface area contributed by atoms with Crippen LogP contribution in [0.1, 0.15) is 42.8 Å². The van der Waals surface area contributed by atoms with Crippen molar-refractivity contribution in [3.63, 3.8) is 0 Å². The van der Waals surface area contributed by atoms with Crippen molar-refractivity contribution in [1.82, 2.24) is 13.8 Å². The van der Waals surface area contributed by atoms with E-state index >= 15 is 0 Å². The summed E-state index contributed by atoms with van der Waals surface area (Å²) >= 11 is 1.23. The van der Waals surface area contributed by atoms with Crippen molar-refractivity contribution in [2.24, 2.45) is 0 Å². The highest BCUT2D eigenvalue weighted by Gasteiger charge is 2.30. The minimum Gasteiger partial charge on any atom is -0.348 e. The van der Waals surface area contributed by atoms with Crippen LogP contribution in [0, 0.1) is 0 Å². The normalized spacial score (nSPS) is 21.2. The van der Waals surface area contributed by atoms with Gasteiger partial charge in [0.05, 0.1) is 12.5 Å². The third kappa shape index (κ3) is 3.58. The van der Waals surface area contributed by atoms with Crippen LogP contribution in [-0.2, 0) is 27.8 Å². The zero-order chi connectivity index (χ0) is 19.0. The Bertz CT molecular complexity index is 926. The van der Waals surface area contributed by atoms with Gasteiger partial charge in [-0.3, -0.25) is 4.79 Å². The van der Waals surface area contributed by atoms with E-state index in [4.69, 9.17) is 0 Å². The molecule has 2 aliphatic rings. The number of hydrogen-bond donors (Lipinski definition) is 0. The first-order chi connectivity index (χ1) is 13.0. The molecule has 2 aromatic rings. The molecule has 1 unspecified atom stereocenters. The highest BCUT2D eigenvalue weighted by atomic mass is 32.2. The Labute approximate surface area is 164 Å². The number of amides is 1. The second kappa shape index (κ2) is 7.41. The first-order valence-electron chi connectivity index (χ1n) is 9.50. The predicted octanol–water partition coefficient (Wildman–Crippen LogP) is 2.87. The lowest BCUT2D eigenvalue weighted by Crippen LogP contribution is -2.41. The molecule has 1 atom stereocenters. The van der Waals surface area contributed by atoms with Gasteiger partial charge in [0.1, 0.15) is 4.21 Å². The topological polar surface area (TPSA) is 62.6 Å². The van der Waals surface area contributed by atoms with Gasteiger partial charge in [0, 0.05) is 42.9 Å². The summed E-state index contributed by atoms with van der Waals surface area (Å²) in [6, 6.07) is 7.55. The fraction of sp³-hybridized carbons (Fsp3) is 0.526. The van der Waals surface area contributed by atoms with E-state index < -0.39 is 10.0 Å². The Morgan fingerprint density at radius 1 is 1.11 bits per heavy atom. The van der Waals surface area contributed by atoms with E-state index in [0.29, 0.717) is 23.8 Å². The molecule has 27 heavy (non-hydrogen) atoms. The van der Waals surface area contributed by atoms with Gasteiger partial charge in [-0.2, -0.15) is 4.31 Å². The fourth-order valence-corrected chi connectivity index (χ4v) is 7.01. The Hall–Kier alpha value is -1.64. The second-order valence-electron chi connectivity index (χ2n) is 7.25. The molecule has 0 aromatic carbocycles. The third-order valence-corrected chi connectivity index (χ3v) is 8.99. The summed E-state index contributed by atoms with van der Waals surface area (Å²) in [6.07, 6.45) is 5.23. The van der Waals surface area contributed by atoms with Gasteiger partial charge >= 0.3 is 0 Å². The lowest BCUT2D eigenvalue weighted by Gasteiger charge is -2.35. The van der Waals surface area contributed by atoms with Crippen LogP contribution in [0.5, 0.6) is 0 Å². The molecule has 4 heterocycles. The number of hydrogen-bond acceptors (Lipinski definition) is 4. The van der Waals surface area contributed by atoms with Crippen molar-refractivity contribution in [2.45, 2.75) is 49.4 Å². The van der Waals surface area contributed by atoms with E-state index in [-0.39, 0.29) is 18.4 Å². The van der Waals surface area contributed by atoms with Crippen molar-refractivity contribution in [1.29, 1.82) is 0 Å². The SMILES string of the molecule is CC1c2cccn2CCN1C(=O)Cc1ccc(S(=O)(=O)N2CCCCC2)s1. The zero-order valence-corrected chi connectivity index (χ0v) is 17.1. The first-order valence-corrected chi connectivity index (χ1v) is 11.8. The van der Waals surface area contributed by atoms with Crippen LogP contribution in [0.3, 0.4) is 0 Å². The Morgan fingerprint density at radius 3 is 2.67 bits per heavy atom. The maximum Gasteiger partial charge on any atom is 0.252 e. The van der Waals surface area contributed by atoms with Crippen LogP contribution in [0.15, 0.2) is 34.7 Å². The monoisotopic (exact) mass is 407 g/mol. The van der Waals surface area contributed by atoms with E-state index in [0.717, 1.165) is 36.4 Å². The standard InChI is InChI=1S/C19H25N3O3S2/c1-15-17-6-5-9-20(17)12-13-22(15)18(23)14-16-7-8-19(26-16)27(24,25)21-10-3-2-4-11-21/h5-9,15H,2-4,10-14H2,1H3. The van der Waals surface area contributed by atoms with Gasteiger partial charge in [-0.05, 0) is 44.0 Å². The average Bonchev–Trinajstić information content (AvgIpc) is 3.32. The number of sulfonamides is 1. The molecule has 0 aliphatic carbocycles. The molecule has 0 radical (unpaired) electrons. The lowest BCUT2D eigenvalue weighted by atomic mass is 10.1. The Balaban J connectivity index is 1.46. The number of fused-ring (bicyclic) bond motifs is 1. The first kappa shape index (κ1) is 18.7. The van der Waals surface area contributed by atoms with E-state index in [1.807, 2.05) is 24.1 Å². The largest absolute Gasteiger partial charge is 0.348 e. The van der Waals surface area contributed by atoms with E-state index in [1.54, 1.807) is 16.4 Å². The summed E-state index contributed by atoms with van der Waals surface area (Å²) in [5.41, 5.74) is 1.15. The van der Waals surface area contributed by atoms with Crippen molar-refractivity contribution in [2.75, 3.05) is 19.6 Å². The van der Waals surface area contributed by atoms with Gasteiger partial charge in [0.15, 0.2) is 0 Å². The summed E-state index contributed by atoms with van der Waals surface area (Å²) in [5, 5.41) is 0. The van der Waals surface area contributed by atoms with Crippen molar-refractivity contribution in [3.8, 4) is 0 Å². The van der Waals surface area contributed by atoms with E-state index in [9.17, 15) is 13.2 Å². The van der Waals surface area contributed by atoms with Crippen LogP contribution in [0.2, 0.25) is 0 Å². The summed E-state index contributed by atoms with van der Waals surface area (Å²) in [6.45, 7) is 4.73. The number of thiophene rings is 1. The van der Waals surface area contributed by atoms with Gasteiger partial charge in [-0.25, -0.2) is 8.42 Å². The quantitative estimate of drug-likeness (QED) is 0.783. The van der Waals surface area contributed by atoms with Crippen LogP contribution in [0.4, 0.5) is 0 Å². The third-order valence-electron chi connectivity index (χ3n) is 5.53. The van der Waals surface area contributed by atoms with Crippen LogP contribution >= 0.6 is 11.3 Å². The number of aromatic nitrogens is 1. The molecule has 0 bridgehead atoms. The molecule has 1 amide bonds. The smallest absolute Gasteiger partial charge is 0.252 e. The summed E-state index contributed by atoms with van der Waals surface area (Å²) < 4.78 is 29.7. The molecule has 0 spiro atoms. The molecular weight excluding hydrogens is 382 g/mol. The molecule has 1 saturated heterocycles. The minimum atomic E-state index is -3.42. The zero-order valence-electron chi connectivity index (χ0n) is 15.5. The summed E-state index contributed by atoms with van der Waals surface area (Å²) in [7, 11) is -3.42. The Morgan fingerprint density at radius 2 is 1.89 bits per heavy atom. The lowest BCUT2D eigenvalue weighted by molar-refractivity contribution is -0.133. The molecule has 2 aromatic heterocycles. The van der Waals surface area contributed by atoms with Crippen molar-refractivity contribution >= 4 is 27.3 Å². The summed E-state index contributed by atoms with van der Waals surface area (Å²) in [4.78, 5) is 15.5. The van der Waals surface area contributed by atoms with Gasteiger partial charge < -0.3 is 9.47 Å². The second-order valence-corrected chi connectivity index (χ2v) is 10.6. The molecule has 0 N–H and O–H groups in total. The maximum absolute atomic E-state index is 12.8. The van der Waals surface area contributed by atoms with E-state index in [1.165, 1.54) is 11.3 Å². The van der Waals surface area contributed by atoms with Gasteiger partial charge in [0.25, 0.3) is 10.0 Å². The fourth-order valence-electron chi connectivity index (χ4n) is 3.99. The minimum absolute atomic E-state index is 0.0396. The van der Waals surface area contributed by atoms with Crippen LogP contribution in [-0.4, -0.2) is 47.7 Å². The number of nitrogens with zero attached hydrogens (tertiary/aromatic N) is 3. The molecule has 0 saturated carbocycles. The molecule has 8 heteroatoms. The molecule has 1 fully saturated rings. The van der Waals surface area contributed by atoms with E-state index in [2.05, 4.69) is 10.6 Å². The molecule has 2 aliphatic heterocycles. The van der Waals surface area contributed by atoms with Crippen molar-refractivity contribution in [3.05, 3.63) is 41.0 Å². The number of carbonyl (C=O) groups is 1. The van der Waals surface area contributed by atoms with Gasteiger partial charge in [0.2, 0.25) is 5.91 Å². The average molecular weight is 408 g/mol. The maximum atomic E-state index is 12.8. The number of carbonyl (C=O) groups excluding carboxylic acids is 1. The number of piperidine rings is 1. The Kier molecular flexibility index (Phi) is 5.13. The van der Waals surface area contributed by atoms with Crippen LogP contribution in [0.25, 0.3) is 0 Å². The predicted molar refractivity (Wildman–Crippen MR) is 105 cm³/mol. The molecule has 6 nitrogen and oxygen atoms in total. The molecule has 146 valence electrons. The highest BCUT2D eigenvalue weighted by molar-refractivity contribution is 7.91. The van der Waals surface area contributed by atoms with Crippen molar-refractivity contribution < 1.29 is 13.2 Å². The summed E-state index contributed by atoms with van der Waals surface area (Å²) in [5.74, 6) is 0.0544.